The summed E-state index contributed by atoms with van der Waals surface area (Å²) in [6, 6.07) is 10.6. The molecule has 3 nitrogen and oxygen atoms in total. The van der Waals surface area contributed by atoms with Gasteiger partial charge >= 0.3 is 0 Å². The first-order valence-corrected chi connectivity index (χ1v) is 7.44. The Bertz CT molecular complexity index is 700. The van der Waals surface area contributed by atoms with E-state index in [2.05, 4.69) is 16.8 Å². The van der Waals surface area contributed by atoms with E-state index in [4.69, 9.17) is 23.2 Å². The Morgan fingerprint density at radius 1 is 1.18 bits per heavy atom. The topological polar surface area (TPSA) is 33.2 Å². The van der Waals surface area contributed by atoms with Crippen LogP contribution in [0.3, 0.4) is 0 Å². The normalized spacial score (nSPS) is 9.77. The Morgan fingerprint density at radius 3 is 2.55 bits per heavy atom. The van der Waals surface area contributed by atoms with Gasteiger partial charge in [0.05, 0.1) is 15.6 Å². The van der Waals surface area contributed by atoms with Crippen molar-refractivity contribution in [3.05, 3.63) is 63.9 Å². The molecule has 0 fully saturated rings. The molecule has 0 spiro atoms. The quantitative estimate of drug-likeness (QED) is 0.798. The van der Waals surface area contributed by atoms with Crippen LogP contribution in [0, 0.1) is 11.8 Å². The summed E-state index contributed by atoms with van der Waals surface area (Å²) in [5, 5.41) is 0.702. The third-order valence-corrected chi connectivity index (χ3v) is 3.61. The number of benzene rings is 1. The lowest BCUT2D eigenvalue weighted by atomic mass is 10.2. The maximum atomic E-state index is 12.3. The van der Waals surface area contributed by atoms with Gasteiger partial charge in [-0.3, -0.25) is 4.79 Å². The lowest BCUT2D eigenvalue weighted by molar-refractivity contribution is 0.0798. The number of rotatable bonds is 3. The predicted octanol–water partition coefficient (Wildman–Crippen LogP) is 3.90. The number of hydrogen-bond donors (Lipinski definition) is 0. The molecule has 0 N–H and O–H groups in total. The Hall–Kier alpha value is -2.02. The lowest BCUT2D eigenvalue weighted by Crippen LogP contribution is -2.28. The van der Waals surface area contributed by atoms with Crippen molar-refractivity contribution in [2.24, 2.45) is 0 Å². The minimum absolute atomic E-state index is 0.213. The molecule has 22 heavy (non-hydrogen) atoms. The average Bonchev–Trinajstić information content (AvgIpc) is 2.52. The first kappa shape index (κ1) is 16.4. The molecule has 1 heterocycles. The SMILES string of the molecule is CN(CCC#Cc1ccccn1)C(=O)c1c(Cl)cccc1Cl. The molecule has 0 aliphatic carbocycles. The number of amides is 1. The molecule has 112 valence electrons. The smallest absolute Gasteiger partial charge is 0.256 e. The molecule has 0 bridgehead atoms. The molecule has 0 aliphatic heterocycles. The maximum Gasteiger partial charge on any atom is 0.256 e. The number of nitrogens with zero attached hydrogens (tertiary/aromatic N) is 2. The van der Waals surface area contributed by atoms with Gasteiger partial charge in [0, 0.05) is 26.2 Å². The van der Waals surface area contributed by atoms with Crippen LogP contribution in [0.4, 0.5) is 0 Å². The average molecular weight is 333 g/mol. The minimum Gasteiger partial charge on any atom is -0.341 e. The number of halogens is 2. The largest absolute Gasteiger partial charge is 0.341 e. The zero-order valence-electron chi connectivity index (χ0n) is 12.0. The second kappa shape index (κ2) is 7.84. The molecule has 0 aliphatic rings. The van der Waals surface area contributed by atoms with Crippen molar-refractivity contribution in [3.8, 4) is 11.8 Å². The standard InChI is InChI=1S/C17H14Cl2N2O/c1-21(12-5-3-8-13-7-2-4-11-20-13)17(22)16-14(18)9-6-10-15(16)19/h2,4,6-7,9-11H,5,12H2,1H3. The van der Waals surface area contributed by atoms with Gasteiger partial charge in [0.2, 0.25) is 0 Å². The highest BCUT2D eigenvalue weighted by atomic mass is 35.5. The van der Waals surface area contributed by atoms with E-state index < -0.39 is 0 Å². The zero-order chi connectivity index (χ0) is 15.9. The van der Waals surface area contributed by atoms with Gasteiger partial charge in [-0.1, -0.05) is 41.3 Å². The summed E-state index contributed by atoms with van der Waals surface area (Å²) in [6.45, 7) is 0.486. The Morgan fingerprint density at radius 2 is 1.91 bits per heavy atom. The molecule has 1 aromatic carbocycles. The van der Waals surface area contributed by atoms with Gasteiger partial charge in [-0.05, 0) is 30.2 Å². The molecule has 5 heteroatoms. The Labute approximate surface area is 139 Å². The number of aromatic nitrogens is 1. The second-order valence-electron chi connectivity index (χ2n) is 4.59. The molecule has 1 amide bonds. The van der Waals surface area contributed by atoms with Crippen molar-refractivity contribution >= 4 is 29.1 Å². The van der Waals surface area contributed by atoms with Gasteiger partial charge in [0.25, 0.3) is 5.91 Å². The van der Waals surface area contributed by atoms with Crippen molar-refractivity contribution in [1.82, 2.24) is 9.88 Å². The highest BCUT2D eigenvalue weighted by Gasteiger charge is 2.17. The van der Waals surface area contributed by atoms with Crippen molar-refractivity contribution < 1.29 is 4.79 Å². The molecule has 0 radical (unpaired) electrons. The number of carbonyl (C=O) groups excluding carboxylic acids is 1. The molecular weight excluding hydrogens is 319 g/mol. The van der Waals surface area contributed by atoms with E-state index in [9.17, 15) is 4.79 Å². The van der Waals surface area contributed by atoms with Crippen molar-refractivity contribution in [2.75, 3.05) is 13.6 Å². The van der Waals surface area contributed by atoms with Gasteiger partial charge < -0.3 is 4.90 Å². The van der Waals surface area contributed by atoms with E-state index in [-0.39, 0.29) is 5.91 Å². The molecule has 2 aromatic rings. The fraction of sp³-hybridized carbons (Fsp3) is 0.176. The molecule has 2 rings (SSSR count). The monoisotopic (exact) mass is 332 g/mol. The van der Waals surface area contributed by atoms with E-state index in [1.807, 2.05) is 18.2 Å². The van der Waals surface area contributed by atoms with Crippen LogP contribution in [-0.4, -0.2) is 29.4 Å². The van der Waals surface area contributed by atoms with E-state index >= 15 is 0 Å². The van der Waals surface area contributed by atoms with Gasteiger partial charge in [-0.15, -0.1) is 0 Å². The van der Waals surface area contributed by atoms with Crippen molar-refractivity contribution in [3.63, 3.8) is 0 Å². The highest BCUT2D eigenvalue weighted by molar-refractivity contribution is 6.39. The van der Waals surface area contributed by atoms with Crippen molar-refractivity contribution in [1.29, 1.82) is 0 Å². The van der Waals surface area contributed by atoms with E-state index in [1.54, 1.807) is 36.3 Å². The number of hydrogen-bond acceptors (Lipinski definition) is 2. The van der Waals surface area contributed by atoms with Crippen LogP contribution < -0.4 is 0 Å². The summed E-state index contributed by atoms with van der Waals surface area (Å²) in [6.07, 6.45) is 2.24. The van der Waals surface area contributed by atoms with Crippen LogP contribution in [0.5, 0.6) is 0 Å². The van der Waals surface area contributed by atoms with Gasteiger partial charge in [-0.25, -0.2) is 4.98 Å². The Kier molecular flexibility index (Phi) is 5.83. The van der Waals surface area contributed by atoms with Crippen LogP contribution in [0.1, 0.15) is 22.5 Å². The first-order valence-electron chi connectivity index (χ1n) is 6.69. The first-order chi connectivity index (χ1) is 10.6. The summed E-state index contributed by atoms with van der Waals surface area (Å²) >= 11 is 12.1. The summed E-state index contributed by atoms with van der Waals surface area (Å²) < 4.78 is 0. The number of carbonyl (C=O) groups is 1. The van der Waals surface area contributed by atoms with Crippen LogP contribution in [0.25, 0.3) is 0 Å². The summed E-state index contributed by atoms with van der Waals surface area (Å²) in [5.74, 6) is 5.73. The summed E-state index contributed by atoms with van der Waals surface area (Å²) in [4.78, 5) is 18.0. The molecule has 0 saturated heterocycles. The third kappa shape index (κ3) is 4.24. The van der Waals surface area contributed by atoms with Crippen LogP contribution in [0.2, 0.25) is 10.0 Å². The summed E-state index contributed by atoms with van der Waals surface area (Å²) in [7, 11) is 1.70. The molecular formula is C17H14Cl2N2O. The lowest BCUT2D eigenvalue weighted by Gasteiger charge is -2.17. The highest BCUT2D eigenvalue weighted by Crippen LogP contribution is 2.25. The van der Waals surface area contributed by atoms with Gasteiger partial charge in [0.15, 0.2) is 0 Å². The summed E-state index contributed by atoms with van der Waals surface area (Å²) in [5.41, 5.74) is 1.04. The van der Waals surface area contributed by atoms with E-state index in [1.165, 1.54) is 0 Å². The van der Waals surface area contributed by atoms with Crippen LogP contribution >= 0.6 is 23.2 Å². The van der Waals surface area contributed by atoms with E-state index in [0.717, 1.165) is 0 Å². The molecule has 1 aromatic heterocycles. The minimum atomic E-state index is -0.213. The Balaban J connectivity index is 1.97. The fourth-order valence-electron chi connectivity index (χ4n) is 1.81. The van der Waals surface area contributed by atoms with Crippen LogP contribution in [-0.2, 0) is 0 Å². The van der Waals surface area contributed by atoms with E-state index in [0.29, 0.717) is 34.3 Å². The molecule has 0 atom stereocenters. The van der Waals surface area contributed by atoms with Gasteiger partial charge in [-0.2, -0.15) is 0 Å². The molecule has 0 unspecified atom stereocenters. The van der Waals surface area contributed by atoms with Crippen LogP contribution in [0.15, 0.2) is 42.6 Å². The fourth-order valence-corrected chi connectivity index (χ4v) is 2.37. The third-order valence-electron chi connectivity index (χ3n) is 2.98. The second-order valence-corrected chi connectivity index (χ2v) is 5.40. The maximum absolute atomic E-state index is 12.3. The number of pyridine rings is 1. The van der Waals surface area contributed by atoms with Gasteiger partial charge in [0.1, 0.15) is 5.69 Å². The predicted molar refractivity (Wildman–Crippen MR) is 89.2 cm³/mol. The zero-order valence-corrected chi connectivity index (χ0v) is 13.5. The van der Waals surface area contributed by atoms with Crippen molar-refractivity contribution in [2.45, 2.75) is 6.42 Å². The molecule has 0 saturated carbocycles.